The van der Waals surface area contributed by atoms with Crippen molar-refractivity contribution in [3.05, 3.63) is 53.1 Å². The molecular weight excluding hydrogens is 224 g/mol. The SMILES string of the molecule is Cc1ccc(C)c(CC(NN)c2cn(C)cn2)c1. The standard InChI is InChI=1S/C14H20N4/c1-10-4-5-11(2)12(6-10)7-13(17-15)14-8-18(3)9-16-14/h4-6,8-9,13,17H,7,15H2,1-3H3. The van der Waals surface area contributed by atoms with E-state index in [0.29, 0.717) is 0 Å². The molecule has 1 aromatic heterocycles. The average molecular weight is 244 g/mol. The minimum absolute atomic E-state index is 0.0479. The number of nitrogens with one attached hydrogen (secondary N) is 1. The van der Waals surface area contributed by atoms with Gasteiger partial charge in [0.1, 0.15) is 0 Å². The second kappa shape index (κ2) is 5.33. The molecule has 3 N–H and O–H groups in total. The van der Waals surface area contributed by atoms with E-state index in [1.807, 2.05) is 17.8 Å². The zero-order valence-electron chi connectivity index (χ0n) is 11.1. The van der Waals surface area contributed by atoms with Crippen LogP contribution in [0.3, 0.4) is 0 Å². The Morgan fingerprint density at radius 3 is 2.78 bits per heavy atom. The van der Waals surface area contributed by atoms with Gasteiger partial charge in [0.25, 0.3) is 0 Å². The van der Waals surface area contributed by atoms with Crippen LogP contribution < -0.4 is 11.3 Å². The summed E-state index contributed by atoms with van der Waals surface area (Å²) >= 11 is 0. The van der Waals surface area contributed by atoms with Gasteiger partial charge in [-0.25, -0.2) is 4.98 Å². The number of aryl methyl sites for hydroxylation is 3. The number of nitrogens with two attached hydrogens (primary N) is 1. The fraction of sp³-hybridized carbons (Fsp3) is 0.357. The van der Waals surface area contributed by atoms with Gasteiger partial charge in [0, 0.05) is 13.2 Å². The zero-order valence-corrected chi connectivity index (χ0v) is 11.1. The fourth-order valence-corrected chi connectivity index (χ4v) is 2.10. The summed E-state index contributed by atoms with van der Waals surface area (Å²) in [5, 5.41) is 0. The van der Waals surface area contributed by atoms with Crippen LogP contribution in [-0.2, 0) is 13.5 Å². The van der Waals surface area contributed by atoms with Crippen molar-refractivity contribution in [3.8, 4) is 0 Å². The zero-order chi connectivity index (χ0) is 13.1. The van der Waals surface area contributed by atoms with E-state index in [1.54, 1.807) is 6.33 Å². The lowest BCUT2D eigenvalue weighted by atomic mass is 9.98. The van der Waals surface area contributed by atoms with Crippen LogP contribution in [0.2, 0.25) is 0 Å². The maximum atomic E-state index is 5.65. The molecule has 0 radical (unpaired) electrons. The van der Waals surface area contributed by atoms with Crippen molar-refractivity contribution in [2.45, 2.75) is 26.3 Å². The van der Waals surface area contributed by atoms with Gasteiger partial charge in [-0.05, 0) is 31.4 Å². The molecule has 0 spiro atoms. The third kappa shape index (κ3) is 2.78. The molecule has 0 bridgehead atoms. The monoisotopic (exact) mass is 244 g/mol. The molecule has 2 rings (SSSR count). The Bertz CT molecular complexity index is 530. The topological polar surface area (TPSA) is 55.9 Å². The van der Waals surface area contributed by atoms with Crippen LogP contribution in [0.1, 0.15) is 28.4 Å². The summed E-state index contributed by atoms with van der Waals surface area (Å²) in [6, 6.07) is 6.54. The summed E-state index contributed by atoms with van der Waals surface area (Å²) in [5.41, 5.74) is 7.69. The summed E-state index contributed by atoms with van der Waals surface area (Å²) in [6.07, 6.45) is 4.64. The van der Waals surface area contributed by atoms with E-state index >= 15 is 0 Å². The molecule has 1 heterocycles. The Hall–Kier alpha value is -1.65. The lowest BCUT2D eigenvalue weighted by molar-refractivity contribution is 0.539. The molecule has 1 aromatic carbocycles. The van der Waals surface area contributed by atoms with Gasteiger partial charge in [-0.3, -0.25) is 11.3 Å². The van der Waals surface area contributed by atoms with Crippen LogP contribution in [0, 0.1) is 13.8 Å². The van der Waals surface area contributed by atoms with Gasteiger partial charge in [-0.15, -0.1) is 0 Å². The Balaban J connectivity index is 2.22. The van der Waals surface area contributed by atoms with Crippen molar-refractivity contribution >= 4 is 0 Å². The molecule has 0 aliphatic carbocycles. The molecule has 96 valence electrons. The van der Waals surface area contributed by atoms with Gasteiger partial charge in [0.05, 0.1) is 18.1 Å². The Kier molecular flexibility index (Phi) is 3.79. The minimum Gasteiger partial charge on any atom is -0.340 e. The predicted molar refractivity (Wildman–Crippen MR) is 72.9 cm³/mol. The summed E-state index contributed by atoms with van der Waals surface area (Å²) in [5.74, 6) is 5.65. The van der Waals surface area contributed by atoms with Gasteiger partial charge in [0.15, 0.2) is 0 Å². The van der Waals surface area contributed by atoms with Crippen molar-refractivity contribution < 1.29 is 0 Å². The van der Waals surface area contributed by atoms with Crippen LogP contribution in [0.25, 0.3) is 0 Å². The van der Waals surface area contributed by atoms with Crippen molar-refractivity contribution in [1.82, 2.24) is 15.0 Å². The Morgan fingerprint density at radius 1 is 1.39 bits per heavy atom. The van der Waals surface area contributed by atoms with Gasteiger partial charge < -0.3 is 4.57 Å². The highest BCUT2D eigenvalue weighted by atomic mass is 15.2. The number of hydrogen-bond acceptors (Lipinski definition) is 3. The number of hydrogen-bond donors (Lipinski definition) is 2. The van der Waals surface area contributed by atoms with Crippen LogP contribution in [0.4, 0.5) is 0 Å². The molecule has 18 heavy (non-hydrogen) atoms. The molecule has 0 aliphatic heterocycles. The summed E-state index contributed by atoms with van der Waals surface area (Å²) in [7, 11) is 1.96. The first-order valence-corrected chi connectivity index (χ1v) is 6.10. The molecule has 0 amide bonds. The molecule has 1 atom stereocenters. The molecule has 4 heteroatoms. The first-order valence-electron chi connectivity index (χ1n) is 6.10. The second-order valence-electron chi connectivity index (χ2n) is 4.82. The van der Waals surface area contributed by atoms with Crippen molar-refractivity contribution in [2.75, 3.05) is 0 Å². The van der Waals surface area contributed by atoms with E-state index < -0.39 is 0 Å². The van der Waals surface area contributed by atoms with Gasteiger partial charge >= 0.3 is 0 Å². The van der Waals surface area contributed by atoms with Gasteiger partial charge in [0.2, 0.25) is 0 Å². The predicted octanol–water partition coefficient (Wildman–Crippen LogP) is 1.78. The molecular formula is C14H20N4. The Morgan fingerprint density at radius 2 is 2.17 bits per heavy atom. The summed E-state index contributed by atoms with van der Waals surface area (Å²) in [4.78, 5) is 4.36. The van der Waals surface area contributed by atoms with Gasteiger partial charge in [-0.1, -0.05) is 23.8 Å². The van der Waals surface area contributed by atoms with Crippen molar-refractivity contribution in [3.63, 3.8) is 0 Å². The van der Waals surface area contributed by atoms with Crippen LogP contribution >= 0.6 is 0 Å². The van der Waals surface area contributed by atoms with E-state index in [2.05, 4.69) is 42.5 Å². The highest BCUT2D eigenvalue weighted by Crippen LogP contribution is 2.19. The Labute approximate surface area is 108 Å². The summed E-state index contributed by atoms with van der Waals surface area (Å²) in [6.45, 7) is 4.23. The minimum atomic E-state index is 0.0479. The maximum absolute atomic E-state index is 5.65. The number of hydrazine groups is 1. The number of benzene rings is 1. The van der Waals surface area contributed by atoms with E-state index in [-0.39, 0.29) is 6.04 Å². The van der Waals surface area contributed by atoms with E-state index in [9.17, 15) is 0 Å². The largest absolute Gasteiger partial charge is 0.340 e. The molecule has 2 aromatic rings. The van der Waals surface area contributed by atoms with Crippen molar-refractivity contribution in [1.29, 1.82) is 0 Å². The number of rotatable bonds is 4. The number of aromatic nitrogens is 2. The molecule has 0 saturated carbocycles. The van der Waals surface area contributed by atoms with Crippen LogP contribution in [0.15, 0.2) is 30.7 Å². The van der Waals surface area contributed by atoms with Gasteiger partial charge in [-0.2, -0.15) is 0 Å². The highest BCUT2D eigenvalue weighted by Gasteiger charge is 2.14. The third-order valence-corrected chi connectivity index (χ3v) is 3.21. The van der Waals surface area contributed by atoms with E-state index in [4.69, 9.17) is 5.84 Å². The quantitative estimate of drug-likeness (QED) is 0.637. The molecule has 0 saturated heterocycles. The van der Waals surface area contributed by atoms with Crippen LogP contribution in [0.5, 0.6) is 0 Å². The molecule has 1 unspecified atom stereocenters. The fourth-order valence-electron chi connectivity index (χ4n) is 2.10. The first-order chi connectivity index (χ1) is 8.60. The molecule has 0 fully saturated rings. The second-order valence-corrected chi connectivity index (χ2v) is 4.82. The van der Waals surface area contributed by atoms with Crippen LogP contribution in [-0.4, -0.2) is 9.55 Å². The number of nitrogens with zero attached hydrogens (tertiary/aromatic N) is 2. The average Bonchev–Trinajstić information content (AvgIpc) is 2.77. The summed E-state index contributed by atoms with van der Waals surface area (Å²) < 4.78 is 1.93. The lowest BCUT2D eigenvalue weighted by Crippen LogP contribution is -2.30. The normalized spacial score (nSPS) is 12.7. The first kappa shape index (κ1) is 12.8. The highest BCUT2D eigenvalue weighted by molar-refractivity contribution is 5.31. The molecule has 4 nitrogen and oxygen atoms in total. The van der Waals surface area contributed by atoms with E-state index in [0.717, 1.165) is 12.1 Å². The van der Waals surface area contributed by atoms with E-state index in [1.165, 1.54) is 16.7 Å². The van der Waals surface area contributed by atoms with Crippen molar-refractivity contribution in [2.24, 2.45) is 12.9 Å². The smallest absolute Gasteiger partial charge is 0.0947 e. The maximum Gasteiger partial charge on any atom is 0.0947 e. The molecule has 0 aliphatic rings. The third-order valence-electron chi connectivity index (χ3n) is 3.21. The number of imidazole rings is 1. The lowest BCUT2D eigenvalue weighted by Gasteiger charge is -2.15.